The van der Waals surface area contributed by atoms with Gasteiger partial charge in [-0.3, -0.25) is 14.5 Å². The lowest BCUT2D eigenvalue weighted by atomic mass is 10.0. The van der Waals surface area contributed by atoms with Gasteiger partial charge in [0.2, 0.25) is 0 Å². The van der Waals surface area contributed by atoms with Crippen molar-refractivity contribution in [2.45, 2.75) is 12.6 Å². The zero-order valence-electron chi connectivity index (χ0n) is 15.6. The summed E-state index contributed by atoms with van der Waals surface area (Å²) in [5, 5.41) is 5.32. The molecule has 2 aromatic carbocycles. The van der Waals surface area contributed by atoms with Gasteiger partial charge in [0.15, 0.2) is 0 Å². The van der Waals surface area contributed by atoms with Gasteiger partial charge in [-0.2, -0.15) is 0 Å². The fourth-order valence-corrected chi connectivity index (χ4v) is 3.16. The number of carbonyl (C=O) groups is 2. The van der Waals surface area contributed by atoms with Crippen molar-refractivity contribution in [1.82, 2.24) is 15.5 Å². The lowest BCUT2D eigenvalue weighted by Crippen LogP contribution is -2.46. The van der Waals surface area contributed by atoms with Crippen molar-refractivity contribution in [2.24, 2.45) is 0 Å². The first-order chi connectivity index (χ1) is 13.6. The summed E-state index contributed by atoms with van der Waals surface area (Å²) in [6.07, 6.45) is 0. The van der Waals surface area contributed by atoms with E-state index >= 15 is 0 Å². The molecule has 0 bridgehead atoms. The monoisotopic (exact) mass is 385 g/mol. The summed E-state index contributed by atoms with van der Waals surface area (Å²) in [5.74, 6) is -1.67. The average Bonchev–Trinajstić information content (AvgIpc) is 2.74. The Bertz CT molecular complexity index is 777. The van der Waals surface area contributed by atoms with Crippen molar-refractivity contribution in [3.8, 4) is 0 Å². The minimum atomic E-state index is -0.684. The van der Waals surface area contributed by atoms with E-state index in [9.17, 15) is 14.0 Å². The second kappa shape index (κ2) is 9.96. The molecule has 0 spiro atoms. The molecule has 0 aromatic heterocycles. The van der Waals surface area contributed by atoms with Crippen molar-refractivity contribution < 1.29 is 18.7 Å². The normalized spacial score (nSPS) is 15.6. The Hall–Kier alpha value is -2.77. The number of hydrogen-bond acceptors (Lipinski definition) is 4. The second-order valence-electron chi connectivity index (χ2n) is 6.59. The molecule has 1 aliphatic heterocycles. The van der Waals surface area contributed by atoms with E-state index in [2.05, 4.69) is 15.5 Å². The van der Waals surface area contributed by atoms with Crippen LogP contribution in [0.4, 0.5) is 4.39 Å². The van der Waals surface area contributed by atoms with Gasteiger partial charge < -0.3 is 15.4 Å². The number of nitrogens with zero attached hydrogens (tertiary/aromatic N) is 1. The van der Waals surface area contributed by atoms with Gasteiger partial charge in [-0.25, -0.2) is 4.39 Å². The largest absolute Gasteiger partial charge is 0.379 e. The maximum atomic E-state index is 13.3. The minimum Gasteiger partial charge on any atom is -0.379 e. The quantitative estimate of drug-likeness (QED) is 0.742. The molecule has 1 saturated heterocycles. The Morgan fingerprint density at radius 1 is 0.964 bits per heavy atom. The summed E-state index contributed by atoms with van der Waals surface area (Å²) in [4.78, 5) is 26.5. The van der Waals surface area contributed by atoms with Crippen LogP contribution in [0, 0.1) is 5.82 Å². The number of halogens is 1. The number of hydrogen-bond donors (Lipinski definition) is 2. The standard InChI is InChI=1S/C21H24FN3O3/c22-18-8-6-17(7-9-18)19(25-10-12-28-13-11-25)15-24-21(27)20(26)23-14-16-4-2-1-3-5-16/h1-9,19H,10-15H2,(H,23,26)(H,24,27)/t19-/m0/s1. The molecular weight excluding hydrogens is 361 g/mol. The molecular formula is C21H24FN3O3. The topological polar surface area (TPSA) is 70.7 Å². The van der Waals surface area contributed by atoms with Crippen molar-refractivity contribution in [2.75, 3.05) is 32.8 Å². The first kappa shape index (κ1) is 20.0. The van der Waals surface area contributed by atoms with Crippen LogP contribution in [-0.4, -0.2) is 49.6 Å². The van der Waals surface area contributed by atoms with Crippen LogP contribution < -0.4 is 10.6 Å². The zero-order valence-corrected chi connectivity index (χ0v) is 15.6. The number of amides is 2. The number of benzene rings is 2. The Morgan fingerprint density at radius 2 is 1.61 bits per heavy atom. The third kappa shape index (κ3) is 5.61. The van der Waals surface area contributed by atoms with Crippen LogP contribution in [0.5, 0.6) is 0 Å². The van der Waals surface area contributed by atoms with Gasteiger partial charge in [-0.15, -0.1) is 0 Å². The smallest absolute Gasteiger partial charge is 0.309 e. The van der Waals surface area contributed by atoms with Crippen molar-refractivity contribution >= 4 is 11.8 Å². The van der Waals surface area contributed by atoms with Crippen LogP contribution in [0.15, 0.2) is 54.6 Å². The molecule has 2 N–H and O–H groups in total. The van der Waals surface area contributed by atoms with E-state index in [1.165, 1.54) is 12.1 Å². The van der Waals surface area contributed by atoms with Gasteiger partial charge in [0.1, 0.15) is 5.82 Å². The van der Waals surface area contributed by atoms with E-state index in [1.807, 2.05) is 30.3 Å². The van der Waals surface area contributed by atoms with Crippen molar-refractivity contribution in [1.29, 1.82) is 0 Å². The fraction of sp³-hybridized carbons (Fsp3) is 0.333. The molecule has 28 heavy (non-hydrogen) atoms. The summed E-state index contributed by atoms with van der Waals surface area (Å²) >= 11 is 0. The molecule has 1 fully saturated rings. The summed E-state index contributed by atoms with van der Waals surface area (Å²) in [5.41, 5.74) is 1.80. The fourth-order valence-electron chi connectivity index (χ4n) is 3.16. The van der Waals surface area contributed by atoms with E-state index in [-0.39, 0.29) is 24.9 Å². The van der Waals surface area contributed by atoms with E-state index in [0.29, 0.717) is 26.3 Å². The molecule has 7 heteroatoms. The Balaban J connectivity index is 1.58. The molecule has 0 unspecified atom stereocenters. The molecule has 3 rings (SSSR count). The maximum Gasteiger partial charge on any atom is 0.309 e. The molecule has 0 aliphatic carbocycles. The summed E-state index contributed by atoms with van der Waals surface area (Å²) in [7, 11) is 0. The first-order valence-electron chi connectivity index (χ1n) is 9.30. The highest BCUT2D eigenvalue weighted by Gasteiger charge is 2.24. The summed E-state index contributed by atoms with van der Waals surface area (Å²) in [6.45, 7) is 3.16. The lowest BCUT2D eigenvalue weighted by molar-refractivity contribution is -0.139. The maximum absolute atomic E-state index is 13.3. The van der Waals surface area contributed by atoms with E-state index in [4.69, 9.17) is 4.74 Å². The predicted octanol–water partition coefficient (Wildman–Crippen LogP) is 1.63. The van der Waals surface area contributed by atoms with E-state index < -0.39 is 11.8 Å². The molecule has 2 amide bonds. The van der Waals surface area contributed by atoms with Crippen LogP contribution in [0.3, 0.4) is 0 Å². The molecule has 6 nitrogen and oxygen atoms in total. The van der Waals surface area contributed by atoms with Gasteiger partial charge in [-0.05, 0) is 23.3 Å². The molecule has 1 aliphatic rings. The summed E-state index contributed by atoms with van der Waals surface area (Å²) < 4.78 is 18.7. The molecule has 0 saturated carbocycles. The molecule has 1 heterocycles. The number of carbonyl (C=O) groups excluding carboxylic acids is 2. The zero-order chi connectivity index (χ0) is 19.8. The SMILES string of the molecule is O=C(NCc1ccccc1)C(=O)NC[C@@H](c1ccc(F)cc1)N1CCOCC1. The predicted molar refractivity (Wildman–Crippen MR) is 103 cm³/mol. The van der Waals surface area contributed by atoms with Gasteiger partial charge in [0.25, 0.3) is 0 Å². The third-order valence-electron chi connectivity index (χ3n) is 4.70. The second-order valence-corrected chi connectivity index (χ2v) is 6.59. The highest BCUT2D eigenvalue weighted by molar-refractivity contribution is 6.35. The van der Waals surface area contributed by atoms with Crippen LogP contribution in [0.1, 0.15) is 17.2 Å². The Labute approximate surface area is 163 Å². The van der Waals surface area contributed by atoms with Crippen molar-refractivity contribution in [3.05, 3.63) is 71.5 Å². The van der Waals surface area contributed by atoms with Gasteiger partial charge in [-0.1, -0.05) is 42.5 Å². The van der Waals surface area contributed by atoms with Crippen LogP contribution in [-0.2, 0) is 20.9 Å². The molecule has 2 aromatic rings. The van der Waals surface area contributed by atoms with Crippen LogP contribution in [0.25, 0.3) is 0 Å². The average molecular weight is 385 g/mol. The Morgan fingerprint density at radius 3 is 2.29 bits per heavy atom. The molecule has 1 atom stereocenters. The van der Waals surface area contributed by atoms with Gasteiger partial charge in [0, 0.05) is 26.2 Å². The number of ether oxygens (including phenoxy) is 1. The molecule has 148 valence electrons. The summed E-state index contributed by atoms with van der Waals surface area (Å²) in [6, 6.07) is 15.4. The molecule has 0 radical (unpaired) electrons. The van der Waals surface area contributed by atoms with Crippen LogP contribution in [0.2, 0.25) is 0 Å². The van der Waals surface area contributed by atoms with Gasteiger partial charge in [0.05, 0.1) is 19.3 Å². The van der Waals surface area contributed by atoms with Crippen molar-refractivity contribution in [3.63, 3.8) is 0 Å². The number of rotatable bonds is 6. The van der Waals surface area contributed by atoms with E-state index in [0.717, 1.165) is 11.1 Å². The van der Waals surface area contributed by atoms with E-state index in [1.54, 1.807) is 12.1 Å². The third-order valence-corrected chi connectivity index (χ3v) is 4.70. The van der Waals surface area contributed by atoms with Gasteiger partial charge >= 0.3 is 11.8 Å². The van der Waals surface area contributed by atoms with Crippen LogP contribution >= 0.6 is 0 Å². The lowest BCUT2D eigenvalue weighted by Gasteiger charge is -2.34. The first-order valence-corrected chi connectivity index (χ1v) is 9.30. The number of nitrogens with one attached hydrogen (secondary N) is 2. The highest BCUT2D eigenvalue weighted by Crippen LogP contribution is 2.21. The highest BCUT2D eigenvalue weighted by atomic mass is 19.1. The Kier molecular flexibility index (Phi) is 7.11. The minimum absolute atomic E-state index is 0.157. The number of morpholine rings is 1.